The average Bonchev–Trinajstić information content (AvgIpc) is 2.62. The van der Waals surface area contributed by atoms with E-state index in [4.69, 9.17) is 9.47 Å². The van der Waals surface area contributed by atoms with Crippen LogP contribution in [-0.4, -0.2) is 25.9 Å². The molecule has 0 amide bonds. The van der Waals surface area contributed by atoms with Crippen LogP contribution in [0, 0.1) is 0 Å². The van der Waals surface area contributed by atoms with Crippen LogP contribution in [0.15, 0.2) is 18.2 Å². The molecule has 1 aromatic carbocycles. The van der Waals surface area contributed by atoms with Gasteiger partial charge in [0, 0.05) is 6.42 Å². The Morgan fingerprint density at radius 3 is 2.56 bits per heavy atom. The van der Waals surface area contributed by atoms with E-state index in [0.29, 0.717) is 0 Å². The molecule has 0 saturated heterocycles. The number of benzene rings is 1. The van der Waals surface area contributed by atoms with Crippen LogP contribution >= 0.6 is 0 Å². The van der Waals surface area contributed by atoms with Crippen LogP contribution in [-0.2, 0) is 11.2 Å². The molecule has 0 saturated carbocycles. The number of rotatable bonds is 3. The Morgan fingerprint density at radius 1 is 1.28 bits per heavy atom. The molecule has 0 fully saturated rings. The highest BCUT2D eigenvalue weighted by molar-refractivity contribution is 5.42. The summed E-state index contributed by atoms with van der Waals surface area (Å²) in [6.45, 7) is 6.30. The number of ether oxygens (including phenoxy) is 2. The lowest BCUT2D eigenvalue weighted by molar-refractivity contribution is -0.0690. The molecule has 0 bridgehead atoms. The molecular formula is C15H23NO2. The molecule has 1 aliphatic rings. The van der Waals surface area contributed by atoms with Crippen LogP contribution in [0.2, 0.25) is 0 Å². The van der Waals surface area contributed by atoms with Crippen molar-refractivity contribution in [2.75, 3.05) is 14.2 Å². The summed E-state index contributed by atoms with van der Waals surface area (Å²) < 4.78 is 11.5. The number of fused-ring (bicyclic) bond motifs is 1. The minimum atomic E-state index is -0.119. The molecule has 0 spiro atoms. The molecule has 0 radical (unpaired) electrons. The van der Waals surface area contributed by atoms with E-state index in [0.717, 1.165) is 12.2 Å². The number of nitrogens with one attached hydrogen (secondary N) is 1. The van der Waals surface area contributed by atoms with Crippen LogP contribution in [0.5, 0.6) is 5.75 Å². The topological polar surface area (TPSA) is 30.5 Å². The molecule has 0 aliphatic heterocycles. The van der Waals surface area contributed by atoms with Crippen LogP contribution in [0.3, 0.4) is 0 Å². The fourth-order valence-electron chi connectivity index (χ4n) is 2.62. The average molecular weight is 249 g/mol. The second-order valence-corrected chi connectivity index (χ2v) is 5.80. The smallest absolute Gasteiger partial charge is 0.119 e. The predicted octanol–water partition coefficient (Wildman–Crippen LogP) is 2.70. The number of hydrogen-bond acceptors (Lipinski definition) is 3. The van der Waals surface area contributed by atoms with Gasteiger partial charge in [-0.1, -0.05) is 6.07 Å². The largest absolute Gasteiger partial charge is 0.497 e. The molecule has 100 valence electrons. The zero-order chi connectivity index (χ0) is 13.3. The van der Waals surface area contributed by atoms with Gasteiger partial charge in [0.05, 0.1) is 24.9 Å². The SMILES string of the molecule is CNC1c2cc(OC)ccc2CC1OC(C)(C)C. The molecule has 1 aromatic rings. The van der Waals surface area contributed by atoms with E-state index in [1.807, 2.05) is 13.1 Å². The van der Waals surface area contributed by atoms with Crippen molar-refractivity contribution < 1.29 is 9.47 Å². The fraction of sp³-hybridized carbons (Fsp3) is 0.600. The standard InChI is InChI=1S/C15H23NO2/c1-15(2,3)18-13-8-10-6-7-11(17-5)9-12(10)14(13)16-4/h6-7,9,13-14,16H,8H2,1-5H3. The van der Waals surface area contributed by atoms with Crippen molar-refractivity contribution in [2.24, 2.45) is 0 Å². The van der Waals surface area contributed by atoms with Crippen molar-refractivity contribution in [3.05, 3.63) is 29.3 Å². The molecule has 0 heterocycles. The predicted molar refractivity (Wildman–Crippen MR) is 73.1 cm³/mol. The summed E-state index contributed by atoms with van der Waals surface area (Å²) in [5.41, 5.74) is 2.53. The molecule has 2 atom stereocenters. The van der Waals surface area contributed by atoms with Crippen molar-refractivity contribution >= 4 is 0 Å². The first-order chi connectivity index (χ1) is 8.44. The maximum atomic E-state index is 6.15. The van der Waals surface area contributed by atoms with Crippen molar-refractivity contribution in [1.82, 2.24) is 5.32 Å². The monoisotopic (exact) mass is 249 g/mol. The van der Waals surface area contributed by atoms with E-state index in [-0.39, 0.29) is 17.7 Å². The summed E-state index contributed by atoms with van der Waals surface area (Å²) >= 11 is 0. The van der Waals surface area contributed by atoms with E-state index in [2.05, 4.69) is 38.2 Å². The fourth-order valence-corrected chi connectivity index (χ4v) is 2.62. The third-order valence-electron chi connectivity index (χ3n) is 3.30. The molecule has 1 N–H and O–H groups in total. The highest BCUT2D eigenvalue weighted by Gasteiger charge is 2.34. The van der Waals surface area contributed by atoms with Gasteiger partial charge in [-0.3, -0.25) is 0 Å². The van der Waals surface area contributed by atoms with Crippen molar-refractivity contribution in [3.8, 4) is 5.75 Å². The first-order valence-electron chi connectivity index (χ1n) is 6.46. The van der Waals surface area contributed by atoms with E-state index in [1.165, 1.54) is 11.1 Å². The van der Waals surface area contributed by atoms with Gasteiger partial charge < -0.3 is 14.8 Å². The Hall–Kier alpha value is -1.06. The molecule has 2 rings (SSSR count). The van der Waals surface area contributed by atoms with Gasteiger partial charge in [0.15, 0.2) is 0 Å². The van der Waals surface area contributed by atoms with Gasteiger partial charge in [0.2, 0.25) is 0 Å². The Labute approximate surface area is 109 Å². The van der Waals surface area contributed by atoms with Crippen molar-refractivity contribution in [3.63, 3.8) is 0 Å². The van der Waals surface area contributed by atoms with Crippen LogP contribution in [0.1, 0.15) is 37.9 Å². The highest BCUT2D eigenvalue weighted by Crippen LogP contribution is 2.37. The van der Waals surface area contributed by atoms with E-state index >= 15 is 0 Å². The van der Waals surface area contributed by atoms with Gasteiger partial charge >= 0.3 is 0 Å². The molecular weight excluding hydrogens is 226 g/mol. The zero-order valence-corrected chi connectivity index (χ0v) is 11.9. The number of likely N-dealkylation sites (N-methyl/N-ethyl adjacent to an activating group) is 1. The lowest BCUT2D eigenvalue weighted by Gasteiger charge is -2.29. The first kappa shape index (κ1) is 13.4. The summed E-state index contributed by atoms with van der Waals surface area (Å²) in [5.74, 6) is 0.908. The summed E-state index contributed by atoms with van der Waals surface area (Å²) in [6.07, 6.45) is 1.15. The number of hydrogen-bond donors (Lipinski definition) is 1. The first-order valence-corrected chi connectivity index (χ1v) is 6.46. The minimum Gasteiger partial charge on any atom is -0.497 e. The second kappa shape index (κ2) is 4.90. The molecule has 0 aromatic heterocycles. The lowest BCUT2D eigenvalue weighted by Crippen LogP contribution is -2.34. The van der Waals surface area contributed by atoms with Gasteiger partial charge in [-0.2, -0.15) is 0 Å². The Bertz CT molecular complexity index is 423. The number of methoxy groups -OCH3 is 1. The van der Waals surface area contributed by atoms with Crippen molar-refractivity contribution in [2.45, 2.75) is 44.9 Å². The van der Waals surface area contributed by atoms with E-state index < -0.39 is 0 Å². The molecule has 3 nitrogen and oxygen atoms in total. The van der Waals surface area contributed by atoms with Gasteiger partial charge in [-0.25, -0.2) is 0 Å². The Kier molecular flexibility index (Phi) is 3.64. The maximum Gasteiger partial charge on any atom is 0.119 e. The van der Waals surface area contributed by atoms with E-state index in [9.17, 15) is 0 Å². The zero-order valence-electron chi connectivity index (χ0n) is 11.9. The maximum absolute atomic E-state index is 6.15. The molecule has 1 aliphatic carbocycles. The van der Waals surface area contributed by atoms with Gasteiger partial charge in [0.1, 0.15) is 5.75 Å². The molecule has 18 heavy (non-hydrogen) atoms. The Morgan fingerprint density at radius 2 is 2.00 bits per heavy atom. The summed E-state index contributed by atoms with van der Waals surface area (Å²) in [5, 5.41) is 3.36. The Balaban J connectivity index is 2.26. The van der Waals surface area contributed by atoms with Crippen LogP contribution < -0.4 is 10.1 Å². The normalized spacial score (nSPS) is 22.9. The van der Waals surface area contributed by atoms with E-state index in [1.54, 1.807) is 7.11 Å². The van der Waals surface area contributed by atoms with Crippen molar-refractivity contribution in [1.29, 1.82) is 0 Å². The summed E-state index contributed by atoms with van der Waals surface area (Å²) in [4.78, 5) is 0. The lowest BCUT2D eigenvalue weighted by atomic mass is 10.1. The molecule has 3 heteroatoms. The summed E-state index contributed by atoms with van der Waals surface area (Å²) in [7, 11) is 3.69. The highest BCUT2D eigenvalue weighted by atomic mass is 16.5. The third kappa shape index (κ3) is 2.68. The van der Waals surface area contributed by atoms with Gasteiger partial charge in [-0.05, 0) is 51.1 Å². The minimum absolute atomic E-state index is 0.119. The quantitative estimate of drug-likeness (QED) is 0.893. The van der Waals surface area contributed by atoms with Gasteiger partial charge in [-0.15, -0.1) is 0 Å². The third-order valence-corrected chi connectivity index (χ3v) is 3.30. The van der Waals surface area contributed by atoms with Crippen LogP contribution in [0.25, 0.3) is 0 Å². The molecule has 2 unspecified atom stereocenters. The van der Waals surface area contributed by atoms with Gasteiger partial charge in [0.25, 0.3) is 0 Å². The summed E-state index contributed by atoms with van der Waals surface area (Å²) in [6, 6.07) is 6.52. The van der Waals surface area contributed by atoms with Crippen LogP contribution in [0.4, 0.5) is 0 Å². The second-order valence-electron chi connectivity index (χ2n) is 5.80.